The third-order valence-corrected chi connectivity index (χ3v) is 4.84. The summed E-state index contributed by atoms with van der Waals surface area (Å²) in [6, 6.07) is 11.8. The summed E-state index contributed by atoms with van der Waals surface area (Å²) in [5.41, 5.74) is 2.99. The van der Waals surface area contributed by atoms with Crippen LogP contribution < -0.4 is 14.4 Å². The smallest absolute Gasteiger partial charge is 0.234 e. The van der Waals surface area contributed by atoms with Crippen molar-refractivity contribution in [1.82, 2.24) is 0 Å². The molecule has 0 aromatic heterocycles. The molecule has 2 aromatic carbocycles. The molecule has 2 aromatic rings. The summed E-state index contributed by atoms with van der Waals surface area (Å²) in [6.07, 6.45) is 0.583. The van der Waals surface area contributed by atoms with Gasteiger partial charge in [-0.3, -0.25) is 4.79 Å². The lowest BCUT2D eigenvalue weighted by atomic mass is 9.92. The Morgan fingerprint density at radius 2 is 2.04 bits per heavy atom. The number of ether oxygens (including phenoxy) is 2. The van der Waals surface area contributed by atoms with Gasteiger partial charge in [0.1, 0.15) is 0 Å². The van der Waals surface area contributed by atoms with Crippen molar-refractivity contribution in [2.45, 2.75) is 19.3 Å². The molecule has 126 valence electrons. The summed E-state index contributed by atoms with van der Waals surface area (Å²) in [4.78, 5) is 14.5. The highest BCUT2D eigenvalue weighted by Crippen LogP contribution is 2.42. The lowest BCUT2D eigenvalue weighted by Gasteiger charge is -2.16. The summed E-state index contributed by atoms with van der Waals surface area (Å²) in [6.45, 7) is 2.49. The second-order valence-corrected chi connectivity index (χ2v) is 6.65. The van der Waals surface area contributed by atoms with Crippen LogP contribution in [0.1, 0.15) is 24.0 Å². The molecule has 1 aliphatic rings. The van der Waals surface area contributed by atoms with Crippen LogP contribution in [0.25, 0.3) is 0 Å². The Labute approximate surface area is 150 Å². The third-order valence-electron chi connectivity index (χ3n) is 4.35. The van der Waals surface area contributed by atoms with E-state index in [4.69, 9.17) is 9.47 Å². The summed E-state index contributed by atoms with van der Waals surface area (Å²) < 4.78 is 12.2. The number of hydrogen-bond donors (Lipinski definition) is 0. The maximum atomic E-state index is 12.7. The SMILES string of the molecule is CCOc1c(C[C@@H]2C(=O)N(C)c3ccc(Br)cc32)cccc1OC. The lowest BCUT2D eigenvalue weighted by Crippen LogP contribution is -2.25. The summed E-state index contributed by atoms with van der Waals surface area (Å²) >= 11 is 3.51. The molecule has 1 aliphatic heterocycles. The van der Waals surface area contributed by atoms with Gasteiger partial charge in [-0.15, -0.1) is 0 Å². The molecule has 0 spiro atoms. The number of methoxy groups -OCH3 is 1. The van der Waals surface area contributed by atoms with Gasteiger partial charge in [-0.05, 0) is 48.7 Å². The van der Waals surface area contributed by atoms with Crippen LogP contribution in [0.5, 0.6) is 11.5 Å². The minimum atomic E-state index is -0.214. The van der Waals surface area contributed by atoms with Gasteiger partial charge >= 0.3 is 0 Å². The van der Waals surface area contributed by atoms with Crippen molar-refractivity contribution in [3.05, 3.63) is 52.0 Å². The average Bonchev–Trinajstić information content (AvgIpc) is 2.81. The Bertz CT molecular complexity index is 775. The minimum Gasteiger partial charge on any atom is -0.493 e. The van der Waals surface area contributed by atoms with Crippen molar-refractivity contribution in [1.29, 1.82) is 0 Å². The van der Waals surface area contributed by atoms with E-state index in [-0.39, 0.29) is 11.8 Å². The Kier molecular flexibility index (Phi) is 4.81. The van der Waals surface area contributed by atoms with Gasteiger partial charge in [0.05, 0.1) is 19.6 Å². The van der Waals surface area contributed by atoms with Gasteiger partial charge in [0.2, 0.25) is 5.91 Å². The number of halogens is 1. The number of carbonyl (C=O) groups is 1. The minimum absolute atomic E-state index is 0.105. The van der Waals surface area contributed by atoms with Crippen LogP contribution >= 0.6 is 15.9 Å². The van der Waals surface area contributed by atoms with Gasteiger partial charge < -0.3 is 14.4 Å². The zero-order chi connectivity index (χ0) is 17.3. The Morgan fingerprint density at radius 3 is 2.75 bits per heavy atom. The fraction of sp³-hybridized carbons (Fsp3) is 0.316. The Balaban J connectivity index is 2.01. The van der Waals surface area contributed by atoms with Crippen LogP contribution in [0, 0.1) is 0 Å². The molecule has 0 saturated carbocycles. The number of amides is 1. The second-order valence-electron chi connectivity index (χ2n) is 5.74. The zero-order valence-corrected chi connectivity index (χ0v) is 15.6. The molecular formula is C19H20BrNO3. The van der Waals surface area contributed by atoms with Crippen LogP contribution in [0.4, 0.5) is 5.69 Å². The molecule has 4 nitrogen and oxygen atoms in total. The van der Waals surface area contributed by atoms with Crippen molar-refractivity contribution >= 4 is 27.5 Å². The second kappa shape index (κ2) is 6.85. The number of carbonyl (C=O) groups excluding carboxylic acids is 1. The first-order valence-electron chi connectivity index (χ1n) is 7.92. The van der Waals surface area contributed by atoms with E-state index in [1.807, 2.05) is 50.4 Å². The van der Waals surface area contributed by atoms with E-state index in [1.165, 1.54) is 0 Å². The van der Waals surface area contributed by atoms with Crippen LogP contribution in [0.15, 0.2) is 40.9 Å². The number of anilines is 1. The Hall–Kier alpha value is -2.01. The summed E-state index contributed by atoms with van der Waals surface area (Å²) in [5, 5.41) is 0. The van der Waals surface area contributed by atoms with E-state index >= 15 is 0 Å². The molecule has 0 aliphatic carbocycles. The number of likely N-dealkylation sites (N-methyl/N-ethyl adjacent to an activating group) is 1. The number of benzene rings is 2. The molecule has 0 unspecified atom stereocenters. The fourth-order valence-corrected chi connectivity index (χ4v) is 3.58. The quantitative estimate of drug-likeness (QED) is 0.770. The first-order valence-corrected chi connectivity index (χ1v) is 8.71. The fourth-order valence-electron chi connectivity index (χ4n) is 3.20. The molecule has 0 fully saturated rings. The zero-order valence-electron chi connectivity index (χ0n) is 14.0. The molecule has 0 bridgehead atoms. The predicted molar refractivity (Wildman–Crippen MR) is 98.2 cm³/mol. The predicted octanol–water partition coefficient (Wildman–Crippen LogP) is 4.16. The average molecular weight is 390 g/mol. The van der Waals surface area contributed by atoms with Crippen LogP contribution in [0.2, 0.25) is 0 Å². The number of nitrogens with zero attached hydrogens (tertiary/aromatic N) is 1. The third kappa shape index (κ3) is 2.88. The first-order chi connectivity index (χ1) is 11.6. The van der Waals surface area contributed by atoms with Gasteiger partial charge in [0.15, 0.2) is 11.5 Å². The molecule has 1 amide bonds. The number of para-hydroxylation sites is 1. The van der Waals surface area contributed by atoms with Crippen molar-refractivity contribution in [3.8, 4) is 11.5 Å². The summed E-state index contributed by atoms with van der Waals surface area (Å²) in [5.74, 6) is 1.31. The van der Waals surface area contributed by atoms with Crippen molar-refractivity contribution in [2.24, 2.45) is 0 Å². The molecule has 24 heavy (non-hydrogen) atoms. The largest absolute Gasteiger partial charge is 0.493 e. The van der Waals surface area contributed by atoms with Crippen LogP contribution in [-0.4, -0.2) is 26.7 Å². The number of fused-ring (bicyclic) bond motifs is 1. The van der Waals surface area contributed by atoms with E-state index in [1.54, 1.807) is 12.0 Å². The first kappa shape index (κ1) is 16.8. The van der Waals surface area contributed by atoms with Crippen molar-refractivity contribution < 1.29 is 14.3 Å². The highest BCUT2D eigenvalue weighted by atomic mass is 79.9. The van der Waals surface area contributed by atoms with Gasteiger partial charge in [0, 0.05) is 17.2 Å². The molecule has 1 atom stereocenters. The normalized spacial score (nSPS) is 16.2. The van der Waals surface area contributed by atoms with E-state index < -0.39 is 0 Å². The highest BCUT2D eigenvalue weighted by molar-refractivity contribution is 9.10. The molecule has 1 heterocycles. The van der Waals surface area contributed by atoms with Crippen molar-refractivity contribution in [2.75, 3.05) is 25.7 Å². The molecule has 0 N–H and O–H groups in total. The van der Waals surface area contributed by atoms with Crippen LogP contribution in [-0.2, 0) is 11.2 Å². The molecule has 5 heteroatoms. The van der Waals surface area contributed by atoms with Crippen LogP contribution in [0.3, 0.4) is 0 Å². The topological polar surface area (TPSA) is 38.8 Å². The van der Waals surface area contributed by atoms with E-state index in [2.05, 4.69) is 15.9 Å². The molecule has 0 saturated heterocycles. The maximum Gasteiger partial charge on any atom is 0.234 e. The molecule has 0 radical (unpaired) electrons. The highest BCUT2D eigenvalue weighted by Gasteiger charge is 2.35. The van der Waals surface area contributed by atoms with Gasteiger partial charge in [-0.25, -0.2) is 0 Å². The van der Waals surface area contributed by atoms with Gasteiger partial charge in [-0.2, -0.15) is 0 Å². The standard InChI is InChI=1S/C19H20BrNO3/c1-4-24-18-12(6-5-7-17(18)23-3)10-15-14-11-13(20)8-9-16(14)21(2)19(15)22/h5-9,11,15H,4,10H2,1-3H3/t15-/m0/s1. The Morgan fingerprint density at radius 1 is 1.25 bits per heavy atom. The van der Waals surface area contributed by atoms with Gasteiger partial charge in [-0.1, -0.05) is 28.1 Å². The molecule has 3 rings (SSSR count). The van der Waals surface area contributed by atoms with E-state index in [9.17, 15) is 4.79 Å². The summed E-state index contributed by atoms with van der Waals surface area (Å²) in [7, 11) is 3.45. The lowest BCUT2D eigenvalue weighted by molar-refractivity contribution is -0.119. The van der Waals surface area contributed by atoms with Gasteiger partial charge in [0.25, 0.3) is 0 Å². The number of rotatable bonds is 5. The van der Waals surface area contributed by atoms with Crippen molar-refractivity contribution in [3.63, 3.8) is 0 Å². The number of hydrogen-bond acceptors (Lipinski definition) is 3. The maximum absolute atomic E-state index is 12.7. The monoisotopic (exact) mass is 389 g/mol. The molecular weight excluding hydrogens is 370 g/mol. The van der Waals surface area contributed by atoms with E-state index in [0.717, 1.165) is 27.0 Å². The van der Waals surface area contributed by atoms with E-state index in [0.29, 0.717) is 18.8 Å².